The zero-order chi connectivity index (χ0) is 5.98. The molecule has 1 heterocycles. The van der Waals surface area contributed by atoms with Crippen molar-refractivity contribution >= 4 is 5.84 Å². The molecular weight excluding hydrogens is 104 g/mol. The molecule has 46 valence electrons. The summed E-state index contributed by atoms with van der Waals surface area (Å²) in [7, 11) is 0. The summed E-state index contributed by atoms with van der Waals surface area (Å²) in [4.78, 5) is 0. The smallest absolute Gasteiger partial charge is 0.137 e. The second-order valence-corrected chi connectivity index (χ2v) is 1.95. The number of nitrogens with one attached hydrogen (secondary N) is 2. The molecule has 4 nitrogen and oxygen atoms in total. The monoisotopic (exact) mass is 114 g/mol. The summed E-state index contributed by atoms with van der Waals surface area (Å²) >= 11 is 0. The van der Waals surface area contributed by atoms with Gasteiger partial charge in [0.15, 0.2) is 0 Å². The predicted octanol–water partition coefficient (Wildman–Crippen LogP) is -0.855. The fraction of sp³-hybridized carbons (Fsp3) is 0.750. The van der Waals surface area contributed by atoms with Crippen LogP contribution in [0.2, 0.25) is 0 Å². The molecule has 0 bridgehead atoms. The quantitative estimate of drug-likeness (QED) is 0.284. The van der Waals surface area contributed by atoms with E-state index >= 15 is 0 Å². The van der Waals surface area contributed by atoms with Crippen molar-refractivity contribution in [2.24, 2.45) is 10.9 Å². The van der Waals surface area contributed by atoms with Gasteiger partial charge < -0.3 is 11.3 Å². The molecule has 1 aliphatic rings. The van der Waals surface area contributed by atoms with Crippen LogP contribution in [0.15, 0.2) is 5.10 Å². The van der Waals surface area contributed by atoms with Gasteiger partial charge in [-0.1, -0.05) is 0 Å². The molecule has 8 heavy (non-hydrogen) atoms. The lowest BCUT2D eigenvalue weighted by atomic mass is 10.3. The second kappa shape index (κ2) is 2.00. The van der Waals surface area contributed by atoms with Crippen LogP contribution >= 0.6 is 0 Å². The minimum Gasteiger partial charge on any atom is -0.322 e. The van der Waals surface area contributed by atoms with Crippen LogP contribution in [0.1, 0.15) is 13.3 Å². The van der Waals surface area contributed by atoms with Gasteiger partial charge in [-0.3, -0.25) is 0 Å². The van der Waals surface area contributed by atoms with Crippen molar-refractivity contribution in [1.82, 2.24) is 10.9 Å². The first-order valence-corrected chi connectivity index (χ1v) is 2.61. The molecule has 1 fully saturated rings. The van der Waals surface area contributed by atoms with Crippen LogP contribution in [0.5, 0.6) is 0 Å². The molecule has 0 amide bonds. The van der Waals surface area contributed by atoms with Gasteiger partial charge in [0, 0.05) is 12.5 Å². The molecule has 4 N–H and O–H groups in total. The summed E-state index contributed by atoms with van der Waals surface area (Å²) in [5.74, 6) is 5.81. The Morgan fingerprint density at radius 3 is 2.88 bits per heavy atom. The van der Waals surface area contributed by atoms with Crippen molar-refractivity contribution in [2.75, 3.05) is 0 Å². The number of nitrogens with zero attached hydrogens (tertiary/aromatic N) is 1. The number of hydrogen-bond acceptors (Lipinski definition) is 3. The van der Waals surface area contributed by atoms with Gasteiger partial charge in [0.05, 0.1) is 0 Å². The maximum atomic E-state index is 4.98. The van der Waals surface area contributed by atoms with E-state index in [0.29, 0.717) is 6.04 Å². The normalized spacial score (nSPS) is 33.1. The number of rotatable bonds is 0. The molecule has 1 atom stereocenters. The summed E-state index contributed by atoms with van der Waals surface area (Å²) in [6, 6.07) is 0.456. The fourth-order valence-electron chi connectivity index (χ4n) is 0.684. The summed E-state index contributed by atoms with van der Waals surface area (Å²) in [5, 5.41) is 3.48. The van der Waals surface area contributed by atoms with E-state index in [4.69, 9.17) is 5.84 Å². The first kappa shape index (κ1) is 5.37. The third kappa shape index (κ3) is 0.894. The van der Waals surface area contributed by atoms with E-state index in [-0.39, 0.29) is 0 Å². The van der Waals surface area contributed by atoms with E-state index in [1.54, 1.807) is 0 Å². The molecule has 0 saturated carbocycles. The molecule has 0 aromatic rings. The molecule has 1 unspecified atom stereocenters. The van der Waals surface area contributed by atoms with Gasteiger partial charge in [-0.2, -0.15) is 5.10 Å². The minimum absolute atomic E-state index is 0.456. The van der Waals surface area contributed by atoms with Gasteiger partial charge >= 0.3 is 0 Å². The Bertz CT molecular complexity index is 109. The Labute approximate surface area is 48.1 Å². The van der Waals surface area contributed by atoms with E-state index in [1.165, 1.54) is 0 Å². The van der Waals surface area contributed by atoms with E-state index in [2.05, 4.69) is 22.9 Å². The molecule has 0 spiro atoms. The number of hydrazone groups is 1. The van der Waals surface area contributed by atoms with Crippen LogP contribution < -0.4 is 16.7 Å². The number of hydrogen-bond donors (Lipinski definition) is 3. The first-order valence-electron chi connectivity index (χ1n) is 2.61. The van der Waals surface area contributed by atoms with Crippen molar-refractivity contribution in [1.29, 1.82) is 0 Å². The lowest BCUT2D eigenvalue weighted by molar-refractivity contribution is 0.602. The van der Waals surface area contributed by atoms with Crippen molar-refractivity contribution in [2.45, 2.75) is 19.4 Å². The predicted molar refractivity (Wildman–Crippen MR) is 32.0 cm³/mol. The molecule has 0 aromatic carbocycles. The Morgan fingerprint density at radius 1 is 1.88 bits per heavy atom. The highest BCUT2D eigenvalue weighted by molar-refractivity contribution is 5.83. The molecule has 0 radical (unpaired) electrons. The van der Waals surface area contributed by atoms with E-state index < -0.39 is 0 Å². The highest BCUT2D eigenvalue weighted by Gasteiger charge is 2.13. The summed E-state index contributed by atoms with van der Waals surface area (Å²) in [6.07, 6.45) is 0.899. The van der Waals surface area contributed by atoms with Crippen LogP contribution in [0.25, 0.3) is 0 Å². The molecule has 0 aromatic heterocycles. The third-order valence-electron chi connectivity index (χ3n) is 1.12. The second-order valence-electron chi connectivity index (χ2n) is 1.95. The SMILES string of the molecule is CC1CC(=NN)NN1. The van der Waals surface area contributed by atoms with Crippen LogP contribution in [-0.4, -0.2) is 11.9 Å². The van der Waals surface area contributed by atoms with Gasteiger partial charge in [0.25, 0.3) is 0 Å². The van der Waals surface area contributed by atoms with Gasteiger partial charge in [-0.25, -0.2) is 5.43 Å². The zero-order valence-corrected chi connectivity index (χ0v) is 4.81. The third-order valence-corrected chi connectivity index (χ3v) is 1.12. The largest absolute Gasteiger partial charge is 0.322 e. The molecule has 4 heteroatoms. The first-order chi connectivity index (χ1) is 3.83. The topological polar surface area (TPSA) is 62.4 Å². The Hall–Kier alpha value is -0.770. The van der Waals surface area contributed by atoms with Crippen molar-refractivity contribution in [3.05, 3.63) is 0 Å². The fourth-order valence-corrected chi connectivity index (χ4v) is 0.684. The molecule has 1 saturated heterocycles. The van der Waals surface area contributed by atoms with Crippen LogP contribution in [0.4, 0.5) is 0 Å². The lowest BCUT2D eigenvalue weighted by Crippen LogP contribution is -2.30. The van der Waals surface area contributed by atoms with Gasteiger partial charge in [-0.05, 0) is 6.92 Å². The van der Waals surface area contributed by atoms with Gasteiger partial charge in [0.1, 0.15) is 5.84 Å². The number of nitrogens with two attached hydrogens (primary N) is 1. The average Bonchev–Trinajstić information content (AvgIpc) is 2.14. The van der Waals surface area contributed by atoms with Crippen LogP contribution in [-0.2, 0) is 0 Å². The standard InChI is InChI=1S/C4H10N4/c1-3-2-4(6-5)8-7-3/h3,7H,2,5H2,1H3,(H,6,8). The van der Waals surface area contributed by atoms with Crippen LogP contribution in [0.3, 0.4) is 0 Å². The summed E-state index contributed by atoms with van der Waals surface area (Å²) in [6.45, 7) is 2.06. The maximum absolute atomic E-state index is 4.98. The Morgan fingerprint density at radius 2 is 2.62 bits per heavy atom. The van der Waals surface area contributed by atoms with E-state index in [0.717, 1.165) is 12.3 Å². The number of amidine groups is 1. The molecular formula is C4H10N4. The Kier molecular flexibility index (Phi) is 1.34. The Balaban J connectivity index is 2.44. The highest BCUT2D eigenvalue weighted by atomic mass is 15.4. The molecule has 0 aliphatic carbocycles. The van der Waals surface area contributed by atoms with E-state index in [9.17, 15) is 0 Å². The lowest BCUT2D eigenvalue weighted by Gasteiger charge is -1.94. The summed E-state index contributed by atoms with van der Waals surface area (Å²) < 4.78 is 0. The van der Waals surface area contributed by atoms with Crippen molar-refractivity contribution in [3.63, 3.8) is 0 Å². The van der Waals surface area contributed by atoms with Crippen molar-refractivity contribution < 1.29 is 0 Å². The molecule has 1 aliphatic heterocycles. The maximum Gasteiger partial charge on any atom is 0.137 e. The minimum atomic E-state index is 0.456. The average molecular weight is 114 g/mol. The number of hydrazine groups is 1. The van der Waals surface area contributed by atoms with E-state index in [1.807, 2.05) is 0 Å². The van der Waals surface area contributed by atoms with Gasteiger partial charge in [-0.15, -0.1) is 0 Å². The summed E-state index contributed by atoms with van der Waals surface area (Å²) in [5.41, 5.74) is 5.79. The van der Waals surface area contributed by atoms with Crippen LogP contribution in [0, 0.1) is 0 Å². The van der Waals surface area contributed by atoms with Crippen molar-refractivity contribution in [3.8, 4) is 0 Å². The zero-order valence-electron chi connectivity index (χ0n) is 4.81. The van der Waals surface area contributed by atoms with Gasteiger partial charge in [0.2, 0.25) is 0 Å². The molecule has 1 rings (SSSR count). The highest BCUT2D eigenvalue weighted by Crippen LogP contribution is 1.95.